The Morgan fingerprint density at radius 3 is 2.62 bits per heavy atom. The van der Waals surface area contributed by atoms with Crippen LogP contribution in [0.2, 0.25) is 0 Å². The maximum Gasteiger partial charge on any atom is 0.146 e. The highest BCUT2D eigenvalue weighted by Gasteiger charge is 2.15. The van der Waals surface area contributed by atoms with Crippen molar-refractivity contribution in [2.75, 3.05) is 20.5 Å². The molecular weight excluding hydrogens is 168 g/mol. The van der Waals surface area contributed by atoms with Gasteiger partial charge in [0.2, 0.25) is 0 Å². The predicted octanol–water partition coefficient (Wildman–Crippen LogP) is 1.02. The molecule has 0 aliphatic carbocycles. The summed E-state index contributed by atoms with van der Waals surface area (Å²) in [4.78, 5) is 0. The van der Waals surface area contributed by atoms with Crippen LogP contribution in [-0.2, 0) is 9.47 Å². The average molecular weight is 186 g/mol. The number of ether oxygens (including phenoxy) is 2. The predicted molar refractivity (Wildman–Crippen MR) is 51.1 cm³/mol. The number of hydrogen-bond acceptors (Lipinski definition) is 3. The van der Waals surface area contributed by atoms with E-state index in [2.05, 4.69) is 11.8 Å². The van der Waals surface area contributed by atoms with Crippen molar-refractivity contribution >= 4 is 0 Å². The maximum absolute atomic E-state index is 8.99. The van der Waals surface area contributed by atoms with Gasteiger partial charge >= 0.3 is 0 Å². The topological polar surface area (TPSA) is 38.7 Å². The van der Waals surface area contributed by atoms with Crippen LogP contribution in [0.25, 0.3) is 0 Å². The van der Waals surface area contributed by atoms with Gasteiger partial charge in [-0.1, -0.05) is 6.92 Å². The lowest BCUT2D eigenvalue weighted by atomic mass is 10.0. The number of aliphatic hydroxyl groups excluding tert-OH is 1. The minimum absolute atomic E-state index is 0.00984. The molecule has 3 heteroatoms. The molecule has 13 heavy (non-hydrogen) atoms. The zero-order valence-corrected chi connectivity index (χ0v) is 8.54. The van der Waals surface area contributed by atoms with E-state index in [1.807, 2.05) is 6.92 Å². The van der Waals surface area contributed by atoms with E-state index in [9.17, 15) is 0 Å². The third-order valence-electron chi connectivity index (χ3n) is 1.82. The maximum atomic E-state index is 8.99. The third-order valence-corrected chi connectivity index (χ3v) is 1.82. The van der Waals surface area contributed by atoms with E-state index >= 15 is 0 Å². The molecule has 0 spiro atoms. The van der Waals surface area contributed by atoms with Gasteiger partial charge in [-0.2, -0.15) is 0 Å². The Labute approximate surface area is 80.0 Å². The first-order valence-electron chi connectivity index (χ1n) is 4.37. The van der Waals surface area contributed by atoms with Crippen molar-refractivity contribution in [1.82, 2.24) is 0 Å². The van der Waals surface area contributed by atoms with E-state index in [1.54, 1.807) is 14.0 Å². The SMILES string of the molecule is CC#CC[C@H](C)[C@@H](CO)OCOC. The molecule has 0 aromatic heterocycles. The first kappa shape index (κ1) is 12.4. The van der Waals surface area contributed by atoms with Crippen LogP contribution >= 0.6 is 0 Å². The first-order valence-corrected chi connectivity index (χ1v) is 4.37. The van der Waals surface area contributed by atoms with Gasteiger partial charge in [0.1, 0.15) is 6.79 Å². The van der Waals surface area contributed by atoms with Gasteiger partial charge in [-0.15, -0.1) is 11.8 Å². The van der Waals surface area contributed by atoms with Crippen molar-refractivity contribution < 1.29 is 14.6 Å². The lowest BCUT2D eigenvalue weighted by Gasteiger charge is -2.19. The highest BCUT2D eigenvalue weighted by molar-refractivity contribution is 4.96. The van der Waals surface area contributed by atoms with E-state index in [0.717, 1.165) is 6.42 Å². The van der Waals surface area contributed by atoms with E-state index in [1.165, 1.54) is 0 Å². The van der Waals surface area contributed by atoms with Crippen molar-refractivity contribution in [3.05, 3.63) is 0 Å². The molecule has 0 unspecified atom stereocenters. The van der Waals surface area contributed by atoms with Crippen LogP contribution in [0.1, 0.15) is 20.3 Å². The molecule has 0 fully saturated rings. The fraction of sp³-hybridized carbons (Fsp3) is 0.800. The third kappa shape index (κ3) is 5.64. The molecule has 3 nitrogen and oxygen atoms in total. The summed E-state index contributed by atoms with van der Waals surface area (Å²) in [6.45, 7) is 4.03. The van der Waals surface area contributed by atoms with Crippen molar-refractivity contribution in [2.45, 2.75) is 26.4 Å². The van der Waals surface area contributed by atoms with Crippen molar-refractivity contribution in [1.29, 1.82) is 0 Å². The normalized spacial score (nSPS) is 14.5. The standard InChI is InChI=1S/C10H18O3/c1-4-5-6-9(2)10(7-11)13-8-12-3/h9-11H,6-8H2,1-3H3/t9-,10+/m0/s1. The summed E-state index contributed by atoms with van der Waals surface area (Å²) in [6, 6.07) is 0. The van der Waals surface area contributed by atoms with Gasteiger partial charge in [-0.05, 0) is 12.8 Å². The average Bonchev–Trinajstić information content (AvgIpc) is 2.16. The summed E-state index contributed by atoms with van der Waals surface area (Å²) in [5.41, 5.74) is 0. The molecule has 0 aromatic rings. The number of methoxy groups -OCH3 is 1. The smallest absolute Gasteiger partial charge is 0.146 e. The molecule has 0 rings (SSSR count). The van der Waals surface area contributed by atoms with Crippen LogP contribution < -0.4 is 0 Å². The van der Waals surface area contributed by atoms with Crippen LogP contribution in [0, 0.1) is 17.8 Å². The number of rotatable bonds is 6. The molecule has 0 amide bonds. The van der Waals surface area contributed by atoms with Crippen LogP contribution in [0.15, 0.2) is 0 Å². The zero-order chi connectivity index (χ0) is 10.1. The molecule has 0 bridgehead atoms. The van der Waals surface area contributed by atoms with Crippen molar-refractivity contribution in [2.24, 2.45) is 5.92 Å². The Hall–Kier alpha value is -0.560. The largest absolute Gasteiger partial charge is 0.394 e. The molecule has 0 aliphatic heterocycles. The Morgan fingerprint density at radius 2 is 2.15 bits per heavy atom. The molecule has 0 heterocycles. The molecule has 0 saturated heterocycles. The minimum Gasteiger partial charge on any atom is -0.394 e. The highest BCUT2D eigenvalue weighted by atomic mass is 16.7. The number of hydrogen-bond donors (Lipinski definition) is 1. The summed E-state index contributed by atoms with van der Waals surface area (Å²) in [6.07, 6.45) is 0.562. The van der Waals surface area contributed by atoms with Crippen LogP contribution in [0.4, 0.5) is 0 Å². The first-order chi connectivity index (χ1) is 6.26. The Bertz CT molecular complexity index is 169. The van der Waals surface area contributed by atoms with Gasteiger partial charge in [0, 0.05) is 13.5 Å². The Kier molecular flexibility index (Phi) is 7.71. The molecule has 0 aromatic carbocycles. The van der Waals surface area contributed by atoms with Gasteiger partial charge in [0.15, 0.2) is 0 Å². The van der Waals surface area contributed by atoms with Crippen LogP contribution in [0.3, 0.4) is 0 Å². The van der Waals surface area contributed by atoms with E-state index < -0.39 is 0 Å². The Balaban J connectivity index is 3.81. The summed E-state index contributed by atoms with van der Waals surface area (Å²) in [5, 5.41) is 8.99. The van der Waals surface area contributed by atoms with Gasteiger partial charge in [0.25, 0.3) is 0 Å². The quantitative estimate of drug-likeness (QED) is 0.497. The second-order valence-corrected chi connectivity index (χ2v) is 2.90. The van der Waals surface area contributed by atoms with Gasteiger partial charge in [0.05, 0.1) is 12.7 Å². The lowest BCUT2D eigenvalue weighted by Crippen LogP contribution is -2.26. The van der Waals surface area contributed by atoms with E-state index in [0.29, 0.717) is 0 Å². The summed E-state index contributed by atoms with van der Waals surface area (Å²) >= 11 is 0. The van der Waals surface area contributed by atoms with Gasteiger partial charge < -0.3 is 14.6 Å². The lowest BCUT2D eigenvalue weighted by molar-refractivity contribution is -0.104. The van der Waals surface area contributed by atoms with Crippen molar-refractivity contribution in [3.8, 4) is 11.8 Å². The zero-order valence-electron chi connectivity index (χ0n) is 8.54. The minimum atomic E-state index is -0.180. The van der Waals surface area contributed by atoms with Crippen LogP contribution in [0.5, 0.6) is 0 Å². The van der Waals surface area contributed by atoms with E-state index in [-0.39, 0.29) is 25.4 Å². The Morgan fingerprint density at radius 1 is 1.46 bits per heavy atom. The monoisotopic (exact) mass is 186 g/mol. The van der Waals surface area contributed by atoms with E-state index in [4.69, 9.17) is 14.6 Å². The fourth-order valence-corrected chi connectivity index (χ4v) is 0.947. The van der Waals surface area contributed by atoms with Gasteiger partial charge in [-0.3, -0.25) is 0 Å². The van der Waals surface area contributed by atoms with Gasteiger partial charge in [-0.25, -0.2) is 0 Å². The molecule has 76 valence electrons. The number of aliphatic hydroxyl groups is 1. The molecule has 0 radical (unpaired) electrons. The summed E-state index contributed by atoms with van der Waals surface area (Å²) in [5.74, 6) is 6.00. The summed E-state index contributed by atoms with van der Waals surface area (Å²) < 4.78 is 10.0. The van der Waals surface area contributed by atoms with Crippen LogP contribution in [-0.4, -0.2) is 31.7 Å². The second-order valence-electron chi connectivity index (χ2n) is 2.90. The highest BCUT2D eigenvalue weighted by Crippen LogP contribution is 2.10. The molecule has 0 saturated carbocycles. The molecule has 1 N–H and O–H groups in total. The molecule has 0 aliphatic rings. The summed E-state index contributed by atoms with van der Waals surface area (Å²) in [7, 11) is 1.56. The van der Waals surface area contributed by atoms with Crippen molar-refractivity contribution in [3.63, 3.8) is 0 Å². The molecule has 2 atom stereocenters. The second kappa shape index (κ2) is 8.06. The molecular formula is C10H18O3. The fourth-order valence-electron chi connectivity index (χ4n) is 0.947.